The number of carbonyl (C=O) groups is 2. The molecule has 4 atom stereocenters. The fraction of sp³-hybridized carbons (Fsp3) is 0.636. The standard InChI is InChI=1S/C11H14Br2O4/c1-5-4-8(16-6(2)14)9(12)10(13)11(5)17-7(3)15/h4,8-11H,1-3H3/t8-,9+,10-,11-/m0/s1. The van der Waals surface area contributed by atoms with Gasteiger partial charge in [-0.25, -0.2) is 0 Å². The minimum absolute atomic E-state index is 0.138. The first-order valence-corrected chi connectivity index (χ1v) is 6.97. The summed E-state index contributed by atoms with van der Waals surface area (Å²) in [4.78, 5) is 21.7. The zero-order chi connectivity index (χ0) is 13.2. The van der Waals surface area contributed by atoms with Crippen molar-refractivity contribution in [1.29, 1.82) is 0 Å². The smallest absolute Gasteiger partial charge is 0.303 e. The van der Waals surface area contributed by atoms with Crippen LogP contribution in [0.1, 0.15) is 20.8 Å². The molecule has 1 rings (SSSR count). The van der Waals surface area contributed by atoms with Crippen molar-refractivity contribution in [2.45, 2.75) is 42.6 Å². The molecule has 1 aliphatic rings. The normalized spacial score (nSPS) is 32.6. The number of esters is 2. The SMILES string of the molecule is CC(=O)O[C@H]1C=C(C)[C@H](OC(C)=O)[C@@H](Br)[C@@H]1Br. The molecule has 17 heavy (non-hydrogen) atoms. The second-order valence-electron chi connectivity index (χ2n) is 3.90. The monoisotopic (exact) mass is 368 g/mol. The summed E-state index contributed by atoms with van der Waals surface area (Å²) in [7, 11) is 0. The highest BCUT2D eigenvalue weighted by molar-refractivity contribution is 9.12. The quantitative estimate of drug-likeness (QED) is 0.426. The minimum Gasteiger partial charge on any atom is -0.457 e. The highest BCUT2D eigenvalue weighted by atomic mass is 79.9. The van der Waals surface area contributed by atoms with E-state index >= 15 is 0 Å². The van der Waals surface area contributed by atoms with E-state index in [0.29, 0.717) is 0 Å². The molecule has 6 heteroatoms. The van der Waals surface area contributed by atoms with Gasteiger partial charge in [-0.1, -0.05) is 31.9 Å². The Bertz CT molecular complexity index is 353. The molecule has 0 saturated carbocycles. The molecular formula is C11H14Br2O4. The zero-order valence-corrected chi connectivity index (χ0v) is 12.9. The van der Waals surface area contributed by atoms with Gasteiger partial charge < -0.3 is 9.47 Å². The van der Waals surface area contributed by atoms with Crippen LogP contribution in [-0.2, 0) is 19.1 Å². The number of hydrogen-bond donors (Lipinski definition) is 0. The molecule has 1 aliphatic carbocycles. The Morgan fingerprint density at radius 2 is 1.65 bits per heavy atom. The minimum atomic E-state index is -0.358. The molecule has 0 fully saturated rings. The lowest BCUT2D eigenvalue weighted by Crippen LogP contribution is -2.44. The number of rotatable bonds is 2. The van der Waals surface area contributed by atoms with Gasteiger partial charge in [-0.2, -0.15) is 0 Å². The van der Waals surface area contributed by atoms with Crippen LogP contribution in [0.4, 0.5) is 0 Å². The number of ether oxygens (including phenoxy) is 2. The van der Waals surface area contributed by atoms with E-state index in [1.807, 2.05) is 6.92 Å². The van der Waals surface area contributed by atoms with Crippen LogP contribution in [0.3, 0.4) is 0 Å². The summed E-state index contributed by atoms with van der Waals surface area (Å²) in [6, 6.07) is 0. The maximum atomic E-state index is 11.0. The third kappa shape index (κ3) is 3.81. The Hall–Kier alpha value is -0.360. The second-order valence-corrected chi connectivity index (χ2v) is 6.02. The molecule has 4 nitrogen and oxygen atoms in total. The van der Waals surface area contributed by atoms with Gasteiger partial charge in [0.1, 0.15) is 12.2 Å². The number of alkyl halides is 2. The van der Waals surface area contributed by atoms with E-state index < -0.39 is 0 Å². The van der Waals surface area contributed by atoms with E-state index in [1.54, 1.807) is 6.08 Å². The average molecular weight is 370 g/mol. The molecule has 0 amide bonds. The molecule has 0 radical (unpaired) electrons. The molecule has 0 aliphatic heterocycles. The van der Waals surface area contributed by atoms with Gasteiger partial charge in [0, 0.05) is 13.8 Å². The summed E-state index contributed by atoms with van der Waals surface area (Å²) in [5.74, 6) is -0.674. The molecule has 0 aromatic rings. The van der Waals surface area contributed by atoms with E-state index in [9.17, 15) is 9.59 Å². The van der Waals surface area contributed by atoms with Crippen molar-refractivity contribution in [3.8, 4) is 0 Å². The van der Waals surface area contributed by atoms with Crippen LogP contribution in [0.15, 0.2) is 11.6 Å². The number of carbonyl (C=O) groups excluding carboxylic acids is 2. The van der Waals surface area contributed by atoms with Crippen molar-refractivity contribution < 1.29 is 19.1 Å². The predicted molar refractivity (Wildman–Crippen MR) is 70.3 cm³/mol. The van der Waals surface area contributed by atoms with Crippen LogP contribution in [0.5, 0.6) is 0 Å². The van der Waals surface area contributed by atoms with Gasteiger partial charge in [-0.3, -0.25) is 9.59 Å². The Balaban J connectivity index is 2.87. The molecule has 0 saturated heterocycles. The van der Waals surface area contributed by atoms with Gasteiger partial charge in [-0.15, -0.1) is 0 Å². The van der Waals surface area contributed by atoms with Crippen molar-refractivity contribution in [3.05, 3.63) is 11.6 Å². The third-order valence-corrected chi connectivity index (χ3v) is 5.23. The Labute approximate surface area is 117 Å². The molecule has 0 unspecified atom stereocenters. The molecule has 96 valence electrons. The van der Waals surface area contributed by atoms with E-state index in [-0.39, 0.29) is 33.8 Å². The maximum absolute atomic E-state index is 11.0. The van der Waals surface area contributed by atoms with Crippen LogP contribution >= 0.6 is 31.9 Å². The fourth-order valence-corrected chi connectivity index (χ4v) is 3.04. The molecule has 0 spiro atoms. The first-order valence-electron chi connectivity index (χ1n) is 5.14. The molecular weight excluding hydrogens is 356 g/mol. The van der Waals surface area contributed by atoms with E-state index in [2.05, 4.69) is 31.9 Å². The lowest BCUT2D eigenvalue weighted by Gasteiger charge is -2.34. The van der Waals surface area contributed by atoms with E-state index in [0.717, 1.165) is 5.57 Å². The summed E-state index contributed by atoms with van der Waals surface area (Å²) >= 11 is 6.91. The largest absolute Gasteiger partial charge is 0.457 e. The van der Waals surface area contributed by atoms with Crippen LogP contribution in [0.2, 0.25) is 0 Å². The Morgan fingerprint density at radius 1 is 1.12 bits per heavy atom. The molecule has 0 aromatic heterocycles. The third-order valence-electron chi connectivity index (χ3n) is 2.38. The van der Waals surface area contributed by atoms with Crippen molar-refractivity contribution in [2.75, 3.05) is 0 Å². The van der Waals surface area contributed by atoms with Crippen LogP contribution in [-0.4, -0.2) is 33.8 Å². The average Bonchev–Trinajstić information content (AvgIpc) is 2.20. The fourth-order valence-electron chi connectivity index (χ4n) is 1.67. The Morgan fingerprint density at radius 3 is 2.12 bits per heavy atom. The second kappa shape index (κ2) is 6.00. The summed E-state index contributed by atoms with van der Waals surface area (Å²) in [6.07, 6.45) is 1.10. The summed E-state index contributed by atoms with van der Waals surface area (Å²) in [6.45, 7) is 4.58. The first kappa shape index (κ1) is 14.7. The Kier molecular flexibility index (Phi) is 5.19. The predicted octanol–water partition coefficient (Wildman–Crippen LogP) is 2.34. The topological polar surface area (TPSA) is 52.6 Å². The van der Waals surface area contributed by atoms with Crippen molar-refractivity contribution in [2.24, 2.45) is 0 Å². The van der Waals surface area contributed by atoms with Crippen LogP contribution < -0.4 is 0 Å². The molecule has 0 bridgehead atoms. The van der Waals surface area contributed by atoms with E-state index in [4.69, 9.17) is 9.47 Å². The summed E-state index contributed by atoms with van der Waals surface area (Å²) in [5.41, 5.74) is 0.865. The molecule has 0 heterocycles. The summed E-state index contributed by atoms with van der Waals surface area (Å²) < 4.78 is 10.4. The molecule has 0 aromatic carbocycles. The van der Waals surface area contributed by atoms with Crippen LogP contribution in [0, 0.1) is 0 Å². The highest BCUT2D eigenvalue weighted by Gasteiger charge is 2.39. The zero-order valence-electron chi connectivity index (χ0n) is 9.78. The van der Waals surface area contributed by atoms with Gasteiger partial charge in [0.15, 0.2) is 0 Å². The van der Waals surface area contributed by atoms with Crippen LogP contribution in [0.25, 0.3) is 0 Å². The van der Waals surface area contributed by atoms with Gasteiger partial charge in [-0.05, 0) is 18.6 Å². The maximum Gasteiger partial charge on any atom is 0.303 e. The van der Waals surface area contributed by atoms with Crippen molar-refractivity contribution in [3.63, 3.8) is 0 Å². The lowest BCUT2D eigenvalue weighted by atomic mass is 9.95. The van der Waals surface area contributed by atoms with E-state index in [1.165, 1.54) is 13.8 Å². The van der Waals surface area contributed by atoms with Gasteiger partial charge in [0.25, 0.3) is 0 Å². The number of hydrogen-bond acceptors (Lipinski definition) is 4. The highest BCUT2D eigenvalue weighted by Crippen LogP contribution is 2.33. The van der Waals surface area contributed by atoms with Gasteiger partial charge in [0.05, 0.1) is 9.65 Å². The van der Waals surface area contributed by atoms with Gasteiger partial charge in [0.2, 0.25) is 0 Å². The number of halogens is 2. The first-order chi connectivity index (χ1) is 7.82. The summed E-state index contributed by atoms with van der Waals surface area (Å²) in [5, 5.41) is 0. The lowest BCUT2D eigenvalue weighted by molar-refractivity contribution is -0.148. The van der Waals surface area contributed by atoms with Crippen molar-refractivity contribution in [1.82, 2.24) is 0 Å². The van der Waals surface area contributed by atoms with Gasteiger partial charge >= 0.3 is 11.9 Å². The van der Waals surface area contributed by atoms with Crippen molar-refractivity contribution >= 4 is 43.8 Å². The molecule has 0 N–H and O–H groups in total.